The highest BCUT2D eigenvalue weighted by molar-refractivity contribution is 5.85. The molecule has 1 aliphatic heterocycles. The molecule has 0 aromatic rings. The van der Waals surface area contributed by atoms with Crippen LogP contribution in [0.2, 0.25) is 0 Å². The van der Waals surface area contributed by atoms with E-state index in [1.807, 2.05) is 0 Å². The van der Waals surface area contributed by atoms with E-state index in [0.29, 0.717) is 24.5 Å². The molecule has 0 aliphatic carbocycles. The maximum Gasteiger partial charge on any atom is 0.220 e. The Kier molecular flexibility index (Phi) is 13.8. The first-order valence-corrected chi connectivity index (χ1v) is 7.76. The summed E-state index contributed by atoms with van der Waals surface area (Å²) in [4.78, 5) is 14.2. The summed E-state index contributed by atoms with van der Waals surface area (Å²) in [6.45, 7) is 11.6. The lowest BCUT2D eigenvalue weighted by Gasteiger charge is -2.30. The molecule has 0 saturated carbocycles. The van der Waals surface area contributed by atoms with Crippen molar-refractivity contribution in [2.75, 3.05) is 19.6 Å². The first-order chi connectivity index (χ1) is 9.00. The first-order valence-electron chi connectivity index (χ1n) is 7.76. The first kappa shape index (κ1) is 23.2. The third-order valence-corrected chi connectivity index (χ3v) is 3.90. The number of hydrogen-bond donors (Lipinski definition) is 2. The maximum atomic E-state index is 11.8. The number of rotatable bonds is 8. The van der Waals surface area contributed by atoms with Crippen LogP contribution >= 0.6 is 24.8 Å². The summed E-state index contributed by atoms with van der Waals surface area (Å²) in [6, 6.07) is 1.62. The van der Waals surface area contributed by atoms with Gasteiger partial charge < -0.3 is 10.6 Å². The summed E-state index contributed by atoms with van der Waals surface area (Å²) < 4.78 is 0. The normalized spacial score (nSPS) is 17.8. The standard InChI is InChI=1S/C15H31N3O.2ClH/c1-12(2)18(13(3)4)11-10-17-15(19)8-7-14-6-5-9-16-14;;/h12-14,16H,5-11H2,1-4H3,(H,17,19);2*1H. The Labute approximate surface area is 142 Å². The van der Waals surface area contributed by atoms with Gasteiger partial charge in [0.15, 0.2) is 0 Å². The quantitative estimate of drug-likeness (QED) is 0.713. The number of hydrogen-bond acceptors (Lipinski definition) is 3. The minimum atomic E-state index is 0. The van der Waals surface area contributed by atoms with Crippen LogP contribution < -0.4 is 10.6 Å². The molecule has 1 saturated heterocycles. The smallest absolute Gasteiger partial charge is 0.220 e. The average Bonchev–Trinajstić information content (AvgIpc) is 2.84. The van der Waals surface area contributed by atoms with E-state index in [1.165, 1.54) is 12.8 Å². The van der Waals surface area contributed by atoms with Crippen molar-refractivity contribution in [3.05, 3.63) is 0 Å². The molecule has 2 N–H and O–H groups in total. The number of carbonyl (C=O) groups excluding carboxylic acids is 1. The fourth-order valence-corrected chi connectivity index (χ4v) is 2.83. The van der Waals surface area contributed by atoms with E-state index >= 15 is 0 Å². The van der Waals surface area contributed by atoms with Gasteiger partial charge in [0.05, 0.1) is 0 Å². The van der Waals surface area contributed by atoms with Crippen LogP contribution in [0.3, 0.4) is 0 Å². The van der Waals surface area contributed by atoms with Gasteiger partial charge in [-0.25, -0.2) is 0 Å². The Hall–Kier alpha value is -0.0300. The van der Waals surface area contributed by atoms with Crippen LogP contribution in [0.15, 0.2) is 0 Å². The molecule has 1 fully saturated rings. The zero-order valence-electron chi connectivity index (χ0n) is 13.9. The van der Waals surface area contributed by atoms with Crippen molar-refractivity contribution in [1.29, 1.82) is 0 Å². The van der Waals surface area contributed by atoms with E-state index in [9.17, 15) is 4.79 Å². The monoisotopic (exact) mass is 341 g/mol. The molecule has 6 heteroatoms. The minimum Gasteiger partial charge on any atom is -0.355 e. The second-order valence-electron chi connectivity index (χ2n) is 6.11. The van der Waals surface area contributed by atoms with Gasteiger partial charge in [0, 0.05) is 37.6 Å². The molecule has 1 amide bonds. The predicted molar refractivity (Wildman–Crippen MR) is 94.7 cm³/mol. The summed E-state index contributed by atoms with van der Waals surface area (Å²) in [7, 11) is 0. The average molecular weight is 342 g/mol. The van der Waals surface area contributed by atoms with Crippen molar-refractivity contribution in [1.82, 2.24) is 15.5 Å². The zero-order chi connectivity index (χ0) is 14.3. The summed E-state index contributed by atoms with van der Waals surface area (Å²) in [6.07, 6.45) is 4.11. The highest BCUT2D eigenvalue weighted by Gasteiger charge is 2.16. The van der Waals surface area contributed by atoms with Crippen LogP contribution in [0, 0.1) is 0 Å². The Morgan fingerprint density at radius 1 is 1.24 bits per heavy atom. The molecule has 1 atom stereocenters. The van der Waals surface area contributed by atoms with Gasteiger partial charge in [-0.1, -0.05) is 0 Å². The predicted octanol–water partition coefficient (Wildman–Crippen LogP) is 2.60. The van der Waals surface area contributed by atoms with Gasteiger partial charge in [-0.2, -0.15) is 0 Å². The van der Waals surface area contributed by atoms with Crippen molar-refractivity contribution in [2.24, 2.45) is 0 Å². The molecule has 0 aromatic heterocycles. The Morgan fingerprint density at radius 2 is 1.86 bits per heavy atom. The molecule has 0 radical (unpaired) electrons. The number of nitrogens with zero attached hydrogens (tertiary/aromatic N) is 1. The topological polar surface area (TPSA) is 44.4 Å². The van der Waals surface area contributed by atoms with Crippen LogP contribution in [-0.2, 0) is 4.79 Å². The molecule has 0 bridgehead atoms. The number of halogens is 2. The van der Waals surface area contributed by atoms with E-state index in [-0.39, 0.29) is 30.7 Å². The van der Waals surface area contributed by atoms with E-state index in [0.717, 1.165) is 26.1 Å². The van der Waals surface area contributed by atoms with Gasteiger partial charge in [0.1, 0.15) is 0 Å². The zero-order valence-corrected chi connectivity index (χ0v) is 15.5. The lowest BCUT2D eigenvalue weighted by Crippen LogP contribution is -2.42. The Morgan fingerprint density at radius 3 is 2.33 bits per heavy atom. The molecule has 128 valence electrons. The van der Waals surface area contributed by atoms with Crippen molar-refractivity contribution >= 4 is 30.7 Å². The number of carbonyl (C=O) groups is 1. The number of amides is 1. The number of nitrogens with one attached hydrogen (secondary N) is 2. The molecule has 1 unspecified atom stereocenters. The second kappa shape index (κ2) is 12.5. The Bertz CT molecular complexity index is 262. The molecule has 1 rings (SSSR count). The van der Waals surface area contributed by atoms with E-state index in [2.05, 4.69) is 43.2 Å². The lowest BCUT2D eigenvalue weighted by atomic mass is 10.1. The maximum absolute atomic E-state index is 11.8. The summed E-state index contributed by atoms with van der Waals surface area (Å²) in [5.74, 6) is 0.196. The van der Waals surface area contributed by atoms with Crippen LogP contribution in [-0.4, -0.2) is 48.6 Å². The van der Waals surface area contributed by atoms with Gasteiger partial charge in [0.25, 0.3) is 0 Å². The molecule has 0 aromatic carbocycles. The SMILES string of the molecule is CC(C)N(CCNC(=O)CCC1CCCN1)C(C)C.Cl.Cl. The van der Waals surface area contributed by atoms with Crippen LogP contribution in [0.25, 0.3) is 0 Å². The molecule has 4 nitrogen and oxygen atoms in total. The summed E-state index contributed by atoms with van der Waals surface area (Å²) >= 11 is 0. The molecular weight excluding hydrogens is 309 g/mol. The third-order valence-electron chi connectivity index (χ3n) is 3.90. The highest BCUT2D eigenvalue weighted by Crippen LogP contribution is 2.10. The molecule has 1 aliphatic rings. The minimum absolute atomic E-state index is 0. The molecule has 0 spiro atoms. The Balaban J connectivity index is 0. The fraction of sp³-hybridized carbons (Fsp3) is 0.933. The summed E-state index contributed by atoms with van der Waals surface area (Å²) in [5, 5.41) is 6.47. The van der Waals surface area contributed by atoms with Crippen molar-refractivity contribution in [2.45, 2.75) is 71.5 Å². The van der Waals surface area contributed by atoms with E-state index < -0.39 is 0 Å². The van der Waals surface area contributed by atoms with E-state index in [4.69, 9.17) is 0 Å². The third kappa shape index (κ3) is 9.56. The van der Waals surface area contributed by atoms with Gasteiger partial charge in [0.2, 0.25) is 5.91 Å². The molecule has 1 heterocycles. The van der Waals surface area contributed by atoms with Gasteiger partial charge >= 0.3 is 0 Å². The highest BCUT2D eigenvalue weighted by atomic mass is 35.5. The largest absolute Gasteiger partial charge is 0.355 e. The van der Waals surface area contributed by atoms with E-state index in [1.54, 1.807) is 0 Å². The van der Waals surface area contributed by atoms with Gasteiger partial charge in [-0.3, -0.25) is 9.69 Å². The second-order valence-corrected chi connectivity index (χ2v) is 6.11. The fourth-order valence-electron chi connectivity index (χ4n) is 2.83. The van der Waals surface area contributed by atoms with Crippen LogP contribution in [0.1, 0.15) is 53.4 Å². The summed E-state index contributed by atoms with van der Waals surface area (Å²) in [5.41, 5.74) is 0. The van der Waals surface area contributed by atoms with Gasteiger partial charge in [-0.05, 0) is 53.5 Å². The van der Waals surface area contributed by atoms with Crippen molar-refractivity contribution in [3.63, 3.8) is 0 Å². The lowest BCUT2D eigenvalue weighted by molar-refractivity contribution is -0.121. The van der Waals surface area contributed by atoms with Crippen LogP contribution in [0.4, 0.5) is 0 Å². The van der Waals surface area contributed by atoms with Crippen LogP contribution in [0.5, 0.6) is 0 Å². The molecular formula is C15H33Cl2N3O. The molecule has 21 heavy (non-hydrogen) atoms. The van der Waals surface area contributed by atoms with Crippen molar-refractivity contribution < 1.29 is 4.79 Å². The van der Waals surface area contributed by atoms with Gasteiger partial charge in [-0.15, -0.1) is 24.8 Å². The van der Waals surface area contributed by atoms with Crippen molar-refractivity contribution in [3.8, 4) is 0 Å².